The van der Waals surface area contributed by atoms with Gasteiger partial charge in [-0.05, 0) is 25.6 Å². The Balaban J connectivity index is 2.01. The van der Waals surface area contributed by atoms with Gasteiger partial charge in [-0.25, -0.2) is 0 Å². The predicted molar refractivity (Wildman–Crippen MR) is 74.3 cm³/mol. The fraction of sp³-hybridized carbons (Fsp3) is 0.500. The van der Waals surface area contributed by atoms with Crippen molar-refractivity contribution in [3.05, 3.63) is 17.7 Å². The van der Waals surface area contributed by atoms with Gasteiger partial charge in [0, 0.05) is 25.2 Å². The molecule has 3 rings (SSSR count). The standard InChI is InChI=1S/C14H18N4O/c1-17-6-5-11-12(17)8-18(11)14-9(7-15)10(16)3-4-13(14)19-2/h3-4,11-12H,5-6,8,16H2,1-2H3. The molecule has 2 fully saturated rings. The van der Waals surface area contributed by atoms with Crippen LogP contribution in [0.15, 0.2) is 12.1 Å². The maximum Gasteiger partial charge on any atom is 0.143 e. The van der Waals surface area contributed by atoms with Crippen molar-refractivity contribution in [2.24, 2.45) is 0 Å². The molecular formula is C14H18N4O. The molecule has 2 aliphatic rings. The molecule has 1 aromatic carbocycles. The molecule has 0 aromatic heterocycles. The fourth-order valence-electron chi connectivity index (χ4n) is 3.22. The van der Waals surface area contributed by atoms with E-state index >= 15 is 0 Å². The van der Waals surface area contributed by atoms with E-state index in [1.165, 1.54) is 0 Å². The van der Waals surface area contributed by atoms with E-state index < -0.39 is 0 Å². The van der Waals surface area contributed by atoms with Crippen molar-refractivity contribution in [1.82, 2.24) is 4.90 Å². The van der Waals surface area contributed by atoms with E-state index in [2.05, 4.69) is 22.9 Å². The zero-order valence-electron chi connectivity index (χ0n) is 11.3. The number of likely N-dealkylation sites (N-methyl/N-ethyl adjacent to an activating group) is 1. The Morgan fingerprint density at radius 3 is 2.84 bits per heavy atom. The topological polar surface area (TPSA) is 65.5 Å². The maximum absolute atomic E-state index is 9.36. The SMILES string of the molecule is COc1ccc(N)c(C#N)c1N1CC2C1CCN2C. The summed E-state index contributed by atoms with van der Waals surface area (Å²) in [6, 6.07) is 6.87. The minimum absolute atomic E-state index is 0.479. The zero-order chi connectivity index (χ0) is 13.6. The molecule has 100 valence electrons. The summed E-state index contributed by atoms with van der Waals surface area (Å²) in [6.45, 7) is 2.05. The third kappa shape index (κ3) is 1.64. The Labute approximate surface area is 113 Å². The maximum atomic E-state index is 9.36. The number of nitrogens with zero attached hydrogens (tertiary/aromatic N) is 3. The minimum Gasteiger partial charge on any atom is -0.495 e. The molecule has 0 radical (unpaired) electrons. The Morgan fingerprint density at radius 1 is 1.42 bits per heavy atom. The van der Waals surface area contributed by atoms with Crippen LogP contribution >= 0.6 is 0 Å². The van der Waals surface area contributed by atoms with Gasteiger partial charge in [-0.2, -0.15) is 5.26 Å². The van der Waals surface area contributed by atoms with Crippen LogP contribution < -0.4 is 15.4 Å². The highest BCUT2D eigenvalue weighted by molar-refractivity contribution is 5.77. The lowest BCUT2D eigenvalue weighted by Gasteiger charge is -2.48. The second kappa shape index (κ2) is 4.32. The Morgan fingerprint density at radius 2 is 2.21 bits per heavy atom. The number of benzene rings is 1. The van der Waals surface area contributed by atoms with E-state index in [9.17, 15) is 5.26 Å². The molecule has 2 heterocycles. The van der Waals surface area contributed by atoms with Gasteiger partial charge in [0.05, 0.1) is 18.5 Å². The minimum atomic E-state index is 0.479. The highest BCUT2D eigenvalue weighted by Gasteiger charge is 2.47. The first kappa shape index (κ1) is 12.1. The van der Waals surface area contributed by atoms with Crippen LogP contribution in [0.25, 0.3) is 0 Å². The monoisotopic (exact) mass is 258 g/mol. The summed E-state index contributed by atoms with van der Waals surface area (Å²) in [5.74, 6) is 0.735. The normalized spacial score (nSPS) is 25.6. The molecule has 0 amide bonds. The molecule has 19 heavy (non-hydrogen) atoms. The number of nitriles is 1. The molecule has 0 aliphatic carbocycles. The third-order valence-electron chi connectivity index (χ3n) is 4.36. The molecule has 0 saturated carbocycles. The van der Waals surface area contributed by atoms with Gasteiger partial charge >= 0.3 is 0 Å². The van der Waals surface area contributed by atoms with E-state index in [0.29, 0.717) is 23.3 Å². The first-order valence-electron chi connectivity index (χ1n) is 6.50. The van der Waals surface area contributed by atoms with Crippen LogP contribution in [-0.2, 0) is 0 Å². The van der Waals surface area contributed by atoms with Crippen LogP contribution in [-0.4, -0.2) is 44.2 Å². The predicted octanol–water partition coefficient (Wildman–Crippen LogP) is 1.04. The van der Waals surface area contributed by atoms with Crippen LogP contribution in [0.2, 0.25) is 0 Å². The summed E-state index contributed by atoms with van der Waals surface area (Å²) in [6.07, 6.45) is 1.13. The summed E-state index contributed by atoms with van der Waals surface area (Å²) >= 11 is 0. The summed E-state index contributed by atoms with van der Waals surface area (Å²) in [5, 5.41) is 9.36. The zero-order valence-corrected chi connectivity index (χ0v) is 11.3. The average Bonchev–Trinajstić information content (AvgIpc) is 2.65. The summed E-state index contributed by atoms with van der Waals surface area (Å²) < 4.78 is 5.41. The Bertz CT molecular complexity index is 551. The van der Waals surface area contributed by atoms with Crippen LogP contribution in [0, 0.1) is 11.3 Å². The first-order chi connectivity index (χ1) is 9.17. The summed E-state index contributed by atoms with van der Waals surface area (Å²) in [7, 11) is 3.79. The van der Waals surface area contributed by atoms with Gasteiger partial charge in [-0.1, -0.05) is 0 Å². The quantitative estimate of drug-likeness (QED) is 0.803. The lowest BCUT2D eigenvalue weighted by Crippen LogP contribution is -2.61. The highest BCUT2D eigenvalue weighted by Crippen LogP contribution is 2.43. The molecule has 2 saturated heterocycles. The molecule has 0 bridgehead atoms. The number of anilines is 2. The number of fused-ring (bicyclic) bond motifs is 1. The van der Waals surface area contributed by atoms with Crippen LogP contribution in [0.4, 0.5) is 11.4 Å². The third-order valence-corrected chi connectivity index (χ3v) is 4.36. The number of hydrogen-bond acceptors (Lipinski definition) is 5. The molecular weight excluding hydrogens is 240 g/mol. The van der Waals surface area contributed by atoms with Gasteiger partial charge in [0.25, 0.3) is 0 Å². The van der Waals surface area contributed by atoms with Gasteiger partial charge in [0.15, 0.2) is 0 Å². The molecule has 1 aromatic rings. The molecule has 5 heteroatoms. The van der Waals surface area contributed by atoms with Crippen LogP contribution in [0.5, 0.6) is 5.75 Å². The number of nitrogens with two attached hydrogens (primary N) is 1. The van der Waals surface area contributed by atoms with E-state index in [-0.39, 0.29) is 0 Å². The van der Waals surface area contributed by atoms with Crippen molar-refractivity contribution in [1.29, 1.82) is 5.26 Å². The molecule has 2 aliphatic heterocycles. The smallest absolute Gasteiger partial charge is 0.143 e. The lowest BCUT2D eigenvalue weighted by atomic mass is 9.94. The van der Waals surface area contributed by atoms with Gasteiger partial charge < -0.3 is 15.4 Å². The molecule has 2 N–H and O–H groups in total. The van der Waals surface area contributed by atoms with Crippen molar-refractivity contribution >= 4 is 11.4 Å². The number of hydrogen-bond donors (Lipinski definition) is 1. The van der Waals surface area contributed by atoms with E-state index in [4.69, 9.17) is 10.5 Å². The Hall–Kier alpha value is -1.93. The van der Waals surface area contributed by atoms with Gasteiger partial charge in [0.2, 0.25) is 0 Å². The van der Waals surface area contributed by atoms with Crippen LogP contribution in [0.1, 0.15) is 12.0 Å². The first-order valence-corrected chi connectivity index (χ1v) is 6.50. The number of methoxy groups -OCH3 is 1. The van der Waals surface area contributed by atoms with Gasteiger partial charge in [-0.15, -0.1) is 0 Å². The number of likely N-dealkylation sites (tertiary alicyclic amines) is 1. The molecule has 0 spiro atoms. The van der Waals surface area contributed by atoms with Crippen molar-refractivity contribution in [3.63, 3.8) is 0 Å². The largest absolute Gasteiger partial charge is 0.495 e. The number of nitrogen functional groups attached to an aromatic ring is 1. The van der Waals surface area contributed by atoms with E-state index in [1.807, 2.05) is 6.07 Å². The van der Waals surface area contributed by atoms with Crippen molar-refractivity contribution in [2.75, 3.05) is 37.9 Å². The van der Waals surface area contributed by atoms with Crippen molar-refractivity contribution in [2.45, 2.75) is 18.5 Å². The lowest BCUT2D eigenvalue weighted by molar-refractivity contribution is 0.240. The fourth-order valence-corrected chi connectivity index (χ4v) is 3.22. The van der Waals surface area contributed by atoms with Gasteiger partial charge in [-0.3, -0.25) is 4.90 Å². The average molecular weight is 258 g/mol. The molecule has 2 atom stereocenters. The highest BCUT2D eigenvalue weighted by atomic mass is 16.5. The summed E-state index contributed by atoms with van der Waals surface area (Å²) in [4.78, 5) is 4.65. The van der Waals surface area contributed by atoms with E-state index in [0.717, 1.165) is 30.9 Å². The van der Waals surface area contributed by atoms with Crippen molar-refractivity contribution in [3.8, 4) is 11.8 Å². The number of ether oxygens (including phenoxy) is 1. The molecule has 5 nitrogen and oxygen atoms in total. The molecule has 2 unspecified atom stereocenters. The second-order valence-corrected chi connectivity index (χ2v) is 5.25. The van der Waals surface area contributed by atoms with Crippen molar-refractivity contribution < 1.29 is 4.74 Å². The second-order valence-electron chi connectivity index (χ2n) is 5.25. The van der Waals surface area contributed by atoms with E-state index in [1.54, 1.807) is 13.2 Å². The number of rotatable bonds is 2. The summed E-state index contributed by atoms with van der Waals surface area (Å²) in [5.41, 5.74) is 7.84. The Kier molecular flexibility index (Phi) is 2.76. The van der Waals surface area contributed by atoms with Crippen LogP contribution in [0.3, 0.4) is 0 Å². The van der Waals surface area contributed by atoms with Gasteiger partial charge in [0.1, 0.15) is 17.4 Å².